The van der Waals surface area contributed by atoms with Crippen molar-refractivity contribution < 1.29 is 22.8 Å². The summed E-state index contributed by atoms with van der Waals surface area (Å²) in [5.74, 6) is -1.35. The highest BCUT2D eigenvalue weighted by molar-refractivity contribution is 6.07. The molecule has 0 aliphatic carbocycles. The highest BCUT2D eigenvalue weighted by Crippen LogP contribution is 2.35. The van der Waals surface area contributed by atoms with Crippen LogP contribution >= 0.6 is 0 Å². The number of carbonyl (C=O) groups excluding carboxylic acids is 2. The lowest BCUT2D eigenvalue weighted by atomic mass is 10.0. The van der Waals surface area contributed by atoms with Gasteiger partial charge in [-0.15, -0.1) is 0 Å². The molecule has 1 aliphatic heterocycles. The van der Waals surface area contributed by atoms with Gasteiger partial charge in [0.2, 0.25) is 5.54 Å². The van der Waals surface area contributed by atoms with E-state index >= 15 is 0 Å². The number of imide groups is 1. The number of nitrogens with zero attached hydrogens (tertiary/aromatic N) is 4. The van der Waals surface area contributed by atoms with Gasteiger partial charge >= 0.3 is 12.2 Å². The third-order valence-corrected chi connectivity index (χ3v) is 2.54. The molecule has 0 spiro atoms. The van der Waals surface area contributed by atoms with Crippen molar-refractivity contribution in [1.29, 1.82) is 0 Å². The Morgan fingerprint density at radius 1 is 1.50 bits per heavy atom. The van der Waals surface area contributed by atoms with E-state index in [2.05, 4.69) is 10.0 Å². The molecule has 1 saturated heterocycles. The topological polar surface area (TPSA) is 98.2 Å². The van der Waals surface area contributed by atoms with Gasteiger partial charge in [-0.1, -0.05) is 5.11 Å². The summed E-state index contributed by atoms with van der Waals surface area (Å²) in [4.78, 5) is 25.8. The second-order valence-electron chi connectivity index (χ2n) is 3.82. The van der Waals surface area contributed by atoms with Crippen molar-refractivity contribution in [2.75, 3.05) is 13.1 Å². The van der Waals surface area contributed by atoms with Crippen LogP contribution in [0.25, 0.3) is 10.4 Å². The van der Waals surface area contributed by atoms with Gasteiger partial charge in [0.25, 0.3) is 5.91 Å². The molecule has 0 aromatic carbocycles. The summed E-state index contributed by atoms with van der Waals surface area (Å²) in [5, 5.41) is 4.78. The van der Waals surface area contributed by atoms with Crippen molar-refractivity contribution in [3.05, 3.63) is 10.4 Å². The van der Waals surface area contributed by atoms with Crippen LogP contribution in [0.4, 0.5) is 18.0 Å². The monoisotopic (exact) mass is 265 g/mol. The molecule has 1 fully saturated rings. The van der Waals surface area contributed by atoms with Crippen LogP contribution in [0.15, 0.2) is 5.11 Å². The van der Waals surface area contributed by atoms with Gasteiger partial charge in [0.15, 0.2) is 0 Å². The second-order valence-corrected chi connectivity index (χ2v) is 3.82. The third kappa shape index (κ3) is 2.33. The van der Waals surface area contributed by atoms with Gasteiger partial charge in [-0.05, 0) is 18.9 Å². The molecule has 18 heavy (non-hydrogen) atoms. The molecule has 0 aromatic rings. The Labute approximate surface area is 99.6 Å². The predicted octanol–water partition coefficient (Wildman–Crippen LogP) is 1.56. The van der Waals surface area contributed by atoms with Crippen LogP contribution < -0.4 is 5.32 Å². The van der Waals surface area contributed by atoms with Crippen LogP contribution in [0.3, 0.4) is 0 Å². The molecule has 1 aliphatic rings. The molecule has 0 saturated carbocycles. The van der Waals surface area contributed by atoms with Crippen molar-refractivity contribution in [2.45, 2.75) is 25.1 Å². The fourth-order valence-corrected chi connectivity index (χ4v) is 1.44. The lowest BCUT2D eigenvalue weighted by Gasteiger charge is -2.24. The minimum atomic E-state index is -4.86. The maximum atomic E-state index is 12.7. The maximum Gasteiger partial charge on any atom is 0.420 e. The van der Waals surface area contributed by atoms with Crippen molar-refractivity contribution in [3.8, 4) is 0 Å². The molecule has 0 aromatic heterocycles. The molecule has 0 bridgehead atoms. The largest absolute Gasteiger partial charge is 0.420 e. The molecule has 1 N–H and O–H groups in total. The van der Waals surface area contributed by atoms with Gasteiger partial charge in [0, 0.05) is 18.0 Å². The molecule has 1 heterocycles. The molecule has 1 atom stereocenters. The number of hydrogen-bond donors (Lipinski definition) is 1. The number of azide groups is 1. The molecule has 0 radical (unpaired) electrons. The lowest BCUT2D eigenvalue weighted by Crippen LogP contribution is -2.56. The zero-order valence-corrected chi connectivity index (χ0v) is 9.36. The van der Waals surface area contributed by atoms with Crippen LogP contribution in [0.5, 0.6) is 0 Å². The first kappa shape index (κ1) is 14.1. The second kappa shape index (κ2) is 4.73. The van der Waals surface area contributed by atoms with Gasteiger partial charge < -0.3 is 5.32 Å². The van der Waals surface area contributed by atoms with E-state index in [4.69, 9.17) is 5.53 Å². The van der Waals surface area contributed by atoms with Crippen LogP contribution in [-0.4, -0.2) is 41.6 Å². The van der Waals surface area contributed by atoms with Crippen molar-refractivity contribution >= 4 is 11.9 Å². The predicted molar refractivity (Wildman–Crippen MR) is 53.3 cm³/mol. The van der Waals surface area contributed by atoms with E-state index in [9.17, 15) is 22.8 Å². The van der Waals surface area contributed by atoms with Gasteiger partial charge in [0.05, 0.1) is 0 Å². The summed E-state index contributed by atoms with van der Waals surface area (Å²) in [5.41, 5.74) is 5.12. The number of nitrogens with one attached hydrogen (secondary N) is 1. The van der Waals surface area contributed by atoms with Gasteiger partial charge in [-0.2, -0.15) is 13.2 Å². The first-order valence-corrected chi connectivity index (χ1v) is 4.95. The number of halogens is 3. The molecule has 10 heteroatoms. The molecular weight excluding hydrogens is 255 g/mol. The zero-order chi connectivity index (χ0) is 14.0. The highest BCUT2D eigenvalue weighted by atomic mass is 19.4. The van der Waals surface area contributed by atoms with Crippen molar-refractivity contribution in [2.24, 2.45) is 5.11 Å². The molecule has 1 unspecified atom stereocenters. The van der Waals surface area contributed by atoms with Gasteiger partial charge in [-0.25, -0.2) is 4.79 Å². The number of carbonyl (C=O) groups is 2. The summed E-state index contributed by atoms with van der Waals surface area (Å²) in [7, 11) is 0. The number of hydrogen-bond acceptors (Lipinski definition) is 3. The standard InChI is InChI=1S/C8H10F3N5O2/c1-7(8(9,10)11)5(17)16(6(18)14-7)4-2-3-13-15-12/h2-4H2,1H3,(H,14,18). The highest BCUT2D eigenvalue weighted by Gasteiger charge is 2.64. The van der Waals surface area contributed by atoms with E-state index in [-0.39, 0.29) is 19.5 Å². The Morgan fingerprint density at radius 3 is 2.56 bits per heavy atom. The Morgan fingerprint density at radius 2 is 2.11 bits per heavy atom. The quantitative estimate of drug-likeness (QED) is 0.274. The van der Waals surface area contributed by atoms with E-state index in [0.29, 0.717) is 11.8 Å². The van der Waals surface area contributed by atoms with E-state index in [0.717, 1.165) is 0 Å². The van der Waals surface area contributed by atoms with Gasteiger partial charge in [0.1, 0.15) is 0 Å². The van der Waals surface area contributed by atoms with Crippen molar-refractivity contribution in [1.82, 2.24) is 10.2 Å². The summed E-state index contributed by atoms with van der Waals surface area (Å²) in [6, 6.07) is -1.10. The van der Waals surface area contributed by atoms with Crippen LogP contribution in [0, 0.1) is 0 Å². The van der Waals surface area contributed by atoms with E-state index in [1.165, 1.54) is 0 Å². The minimum absolute atomic E-state index is 0.00368. The SMILES string of the molecule is CC1(C(F)(F)F)NC(=O)N(CCCN=[N+]=[N-])C1=O. The Balaban J connectivity index is 2.76. The fourth-order valence-electron chi connectivity index (χ4n) is 1.44. The third-order valence-electron chi connectivity index (χ3n) is 2.54. The molecular formula is C8H10F3N5O2. The summed E-state index contributed by atoms with van der Waals surface area (Å²) in [6.45, 7) is 0.381. The van der Waals surface area contributed by atoms with Crippen LogP contribution in [-0.2, 0) is 4.79 Å². The normalized spacial score (nSPS) is 23.9. The number of amides is 3. The van der Waals surface area contributed by atoms with Crippen LogP contribution in [0.2, 0.25) is 0 Å². The molecule has 100 valence electrons. The summed E-state index contributed by atoms with van der Waals surface area (Å²) < 4.78 is 38.0. The van der Waals surface area contributed by atoms with Crippen molar-refractivity contribution in [3.63, 3.8) is 0 Å². The summed E-state index contributed by atoms with van der Waals surface area (Å²) in [6.07, 6.45) is -4.75. The Bertz CT molecular complexity index is 417. The average Bonchev–Trinajstić information content (AvgIpc) is 2.47. The van der Waals surface area contributed by atoms with Crippen LogP contribution in [0.1, 0.15) is 13.3 Å². The van der Waals surface area contributed by atoms with E-state index in [1.54, 1.807) is 5.32 Å². The number of rotatable bonds is 4. The Hall–Kier alpha value is -1.96. The smallest absolute Gasteiger partial charge is 0.316 e. The maximum absolute atomic E-state index is 12.7. The molecule has 3 amide bonds. The van der Waals surface area contributed by atoms with Gasteiger partial charge in [-0.3, -0.25) is 9.69 Å². The number of urea groups is 1. The fraction of sp³-hybridized carbons (Fsp3) is 0.750. The lowest BCUT2D eigenvalue weighted by molar-refractivity contribution is -0.191. The average molecular weight is 265 g/mol. The minimum Gasteiger partial charge on any atom is -0.316 e. The zero-order valence-electron chi connectivity index (χ0n) is 9.36. The molecule has 7 nitrogen and oxygen atoms in total. The van der Waals surface area contributed by atoms with E-state index < -0.39 is 23.7 Å². The summed E-state index contributed by atoms with van der Waals surface area (Å²) >= 11 is 0. The Kier molecular flexibility index (Phi) is 3.70. The number of alkyl halides is 3. The first-order valence-electron chi connectivity index (χ1n) is 4.95. The first-order chi connectivity index (χ1) is 8.24. The van der Waals surface area contributed by atoms with E-state index in [1.807, 2.05) is 0 Å². The molecule has 1 rings (SSSR count).